The molecule has 2 rings (SSSR count). The highest BCUT2D eigenvalue weighted by Gasteiger charge is 2.09. The highest BCUT2D eigenvalue weighted by Crippen LogP contribution is 2.18. The summed E-state index contributed by atoms with van der Waals surface area (Å²) in [7, 11) is 0. The number of phenolic OH excluding ortho intramolecular Hbond substituents is 1. The van der Waals surface area contributed by atoms with Gasteiger partial charge in [-0.25, -0.2) is 4.79 Å². The second-order valence-electron chi connectivity index (χ2n) is 3.47. The number of hydrogen-bond acceptors (Lipinski definition) is 3. The van der Waals surface area contributed by atoms with Gasteiger partial charge in [0.05, 0.1) is 0 Å². The first-order valence-electron chi connectivity index (χ1n) is 4.84. The minimum absolute atomic E-state index is 0.123. The minimum atomic E-state index is -1.26. The van der Waals surface area contributed by atoms with Gasteiger partial charge in [0.15, 0.2) is 0 Å². The standard InChI is InChI=1S/C12H9NO4/c14-8-3-1-7(2-4-8)10-6-5-9(12(16)17)11(15)13-10/h1-6,14H,(H,13,15)(H,16,17). The number of aromatic carboxylic acids is 1. The number of carboxylic acid groups (broad SMARTS) is 1. The summed E-state index contributed by atoms with van der Waals surface area (Å²) in [5.41, 5.74) is 0.243. The van der Waals surface area contributed by atoms with Gasteiger partial charge in [0.2, 0.25) is 0 Å². The van der Waals surface area contributed by atoms with Crippen molar-refractivity contribution in [2.24, 2.45) is 0 Å². The van der Waals surface area contributed by atoms with Crippen LogP contribution >= 0.6 is 0 Å². The molecule has 0 aliphatic carbocycles. The van der Waals surface area contributed by atoms with E-state index in [1.807, 2.05) is 0 Å². The van der Waals surface area contributed by atoms with Crippen molar-refractivity contribution in [3.63, 3.8) is 0 Å². The molecule has 0 saturated carbocycles. The van der Waals surface area contributed by atoms with E-state index in [0.717, 1.165) is 0 Å². The number of carbonyl (C=O) groups is 1. The van der Waals surface area contributed by atoms with Crippen LogP contribution in [-0.2, 0) is 0 Å². The topological polar surface area (TPSA) is 90.4 Å². The number of carboxylic acids is 1. The number of rotatable bonds is 2. The van der Waals surface area contributed by atoms with Crippen molar-refractivity contribution in [3.05, 3.63) is 52.3 Å². The molecule has 0 atom stereocenters. The van der Waals surface area contributed by atoms with Crippen molar-refractivity contribution in [2.45, 2.75) is 0 Å². The first-order chi connectivity index (χ1) is 8.08. The summed E-state index contributed by atoms with van der Waals surface area (Å²) < 4.78 is 0. The normalized spacial score (nSPS) is 10.1. The molecule has 0 bridgehead atoms. The lowest BCUT2D eigenvalue weighted by Crippen LogP contribution is -2.17. The second kappa shape index (κ2) is 4.13. The lowest BCUT2D eigenvalue weighted by molar-refractivity contribution is 0.0695. The lowest BCUT2D eigenvalue weighted by atomic mass is 10.1. The molecule has 1 heterocycles. The van der Waals surface area contributed by atoms with Crippen LogP contribution in [0.4, 0.5) is 0 Å². The molecule has 17 heavy (non-hydrogen) atoms. The smallest absolute Gasteiger partial charge is 0.341 e. The van der Waals surface area contributed by atoms with Crippen LogP contribution in [0.5, 0.6) is 5.75 Å². The van der Waals surface area contributed by atoms with Crippen LogP contribution in [-0.4, -0.2) is 21.2 Å². The summed E-state index contributed by atoms with van der Waals surface area (Å²) in [6.45, 7) is 0. The van der Waals surface area contributed by atoms with Crippen LogP contribution in [0, 0.1) is 0 Å². The number of aromatic hydroxyl groups is 1. The third-order valence-electron chi connectivity index (χ3n) is 2.32. The second-order valence-corrected chi connectivity index (χ2v) is 3.47. The fourth-order valence-corrected chi connectivity index (χ4v) is 1.45. The summed E-state index contributed by atoms with van der Waals surface area (Å²) in [6, 6.07) is 8.99. The quantitative estimate of drug-likeness (QED) is 0.729. The van der Waals surface area contributed by atoms with Crippen molar-refractivity contribution in [1.82, 2.24) is 4.98 Å². The van der Waals surface area contributed by atoms with Gasteiger partial charge in [0, 0.05) is 5.69 Å². The largest absolute Gasteiger partial charge is 0.508 e. The number of pyridine rings is 1. The van der Waals surface area contributed by atoms with E-state index in [1.54, 1.807) is 12.1 Å². The first-order valence-corrected chi connectivity index (χ1v) is 4.84. The van der Waals surface area contributed by atoms with Crippen LogP contribution in [0.2, 0.25) is 0 Å². The average molecular weight is 231 g/mol. The number of benzene rings is 1. The predicted octanol–water partition coefficient (Wildman–Crippen LogP) is 1.45. The molecule has 1 aromatic heterocycles. The van der Waals surface area contributed by atoms with Crippen LogP contribution in [0.15, 0.2) is 41.2 Å². The van der Waals surface area contributed by atoms with Crippen molar-refractivity contribution in [1.29, 1.82) is 0 Å². The van der Waals surface area contributed by atoms with E-state index in [-0.39, 0.29) is 11.3 Å². The summed E-state index contributed by atoms with van der Waals surface area (Å²) in [4.78, 5) is 24.6. The van der Waals surface area contributed by atoms with Gasteiger partial charge in [0.25, 0.3) is 5.56 Å². The molecule has 0 spiro atoms. The number of aromatic nitrogens is 1. The zero-order chi connectivity index (χ0) is 12.4. The molecule has 5 nitrogen and oxygen atoms in total. The molecule has 0 unspecified atom stereocenters. The van der Waals surface area contributed by atoms with Crippen LogP contribution < -0.4 is 5.56 Å². The number of hydrogen-bond donors (Lipinski definition) is 3. The van der Waals surface area contributed by atoms with E-state index in [0.29, 0.717) is 11.3 Å². The van der Waals surface area contributed by atoms with E-state index in [9.17, 15) is 9.59 Å². The molecule has 0 saturated heterocycles. The van der Waals surface area contributed by atoms with Crippen LogP contribution in [0.1, 0.15) is 10.4 Å². The first kappa shape index (κ1) is 10.9. The Hall–Kier alpha value is -2.56. The molecule has 0 aliphatic rings. The number of nitrogens with one attached hydrogen (secondary N) is 1. The fourth-order valence-electron chi connectivity index (χ4n) is 1.45. The third kappa shape index (κ3) is 2.17. The maximum Gasteiger partial charge on any atom is 0.341 e. The third-order valence-corrected chi connectivity index (χ3v) is 2.32. The van der Waals surface area contributed by atoms with Crippen molar-refractivity contribution >= 4 is 5.97 Å². The number of aromatic amines is 1. The van der Waals surface area contributed by atoms with Crippen molar-refractivity contribution in [2.75, 3.05) is 0 Å². The van der Waals surface area contributed by atoms with Gasteiger partial charge in [-0.15, -0.1) is 0 Å². The van der Waals surface area contributed by atoms with E-state index >= 15 is 0 Å². The molecule has 0 amide bonds. The molecule has 0 aliphatic heterocycles. The van der Waals surface area contributed by atoms with E-state index < -0.39 is 11.5 Å². The van der Waals surface area contributed by atoms with E-state index in [4.69, 9.17) is 10.2 Å². The lowest BCUT2D eigenvalue weighted by Gasteiger charge is -2.02. The van der Waals surface area contributed by atoms with Gasteiger partial charge in [0.1, 0.15) is 11.3 Å². The van der Waals surface area contributed by atoms with Gasteiger partial charge < -0.3 is 15.2 Å². The monoisotopic (exact) mass is 231 g/mol. The SMILES string of the molecule is O=C(O)c1ccc(-c2ccc(O)cc2)[nH]c1=O. The Morgan fingerprint density at radius 2 is 1.71 bits per heavy atom. The summed E-state index contributed by atoms with van der Waals surface area (Å²) >= 11 is 0. The summed E-state index contributed by atoms with van der Waals surface area (Å²) in [5.74, 6) is -1.14. The molecular weight excluding hydrogens is 222 g/mol. The molecule has 86 valence electrons. The Labute approximate surface area is 96.0 Å². The Bertz CT molecular complexity index is 613. The van der Waals surface area contributed by atoms with Crippen LogP contribution in [0.25, 0.3) is 11.3 Å². The molecule has 2 aromatic rings. The molecule has 3 N–H and O–H groups in total. The van der Waals surface area contributed by atoms with Gasteiger partial charge in [-0.05, 0) is 42.0 Å². The van der Waals surface area contributed by atoms with Crippen molar-refractivity contribution in [3.8, 4) is 17.0 Å². The Morgan fingerprint density at radius 1 is 1.06 bits per heavy atom. The maximum absolute atomic E-state index is 11.4. The van der Waals surface area contributed by atoms with Gasteiger partial charge in [-0.1, -0.05) is 0 Å². The highest BCUT2D eigenvalue weighted by molar-refractivity contribution is 5.87. The maximum atomic E-state index is 11.4. The zero-order valence-electron chi connectivity index (χ0n) is 8.68. The number of H-pyrrole nitrogens is 1. The highest BCUT2D eigenvalue weighted by atomic mass is 16.4. The Kier molecular flexibility index (Phi) is 2.66. The van der Waals surface area contributed by atoms with Gasteiger partial charge in [-0.2, -0.15) is 0 Å². The fraction of sp³-hybridized carbons (Fsp3) is 0. The minimum Gasteiger partial charge on any atom is -0.508 e. The van der Waals surface area contributed by atoms with E-state index in [2.05, 4.69) is 4.98 Å². The Morgan fingerprint density at radius 3 is 2.24 bits per heavy atom. The Balaban J connectivity index is 2.48. The average Bonchev–Trinajstić information content (AvgIpc) is 2.29. The molecule has 0 fully saturated rings. The summed E-state index contributed by atoms with van der Waals surface area (Å²) in [5, 5.41) is 17.8. The van der Waals surface area contributed by atoms with Crippen LogP contribution in [0.3, 0.4) is 0 Å². The molecule has 5 heteroatoms. The van der Waals surface area contributed by atoms with E-state index in [1.165, 1.54) is 24.3 Å². The summed E-state index contributed by atoms with van der Waals surface area (Å²) in [6.07, 6.45) is 0. The van der Waals surface area contributed by atoms with Gasteiger partial charge >= 0.3 is 5.97 Å². The van der Waals surface area contributed by atoms with Crippen molar-refractivity contribution < 1.29 is 15.0 Å². The number of phenols is 1. The molecular formula is C12H9NO4. The van der Waals surface area contributed by atoms with Gasteiger partial charge in [-0.3, -0.25) is 4.79 Å². The zero-order valence-corrected chi connectivity index (χ0v) is 8.68. The molecule has 1 aromatic carbocycles. The predicted molar refractivity (Wildman–Crippen MR) is 61.1 cm³/mol. The molecule has 0 radical (unpaired) electrons.